The van der Waals surface area contributed by atoms with E-state index in [2.05, 4.69) is 5.32 Å². The maximum Gasteiger partial charge on any atom is 0.294 e. The van der Waals surface area contributed by atoms with Crippen molar-refractivity contribution >= 4 is 51.5 Å². The zero-order chi connectivity index (χ0) is 27.0. The second-order valence-electron chi connectivity index (χ2n) is 9.33. The number of para-hydroxylation sites is 1. The molecule has 3 aromatic carbocycles. The number of fused-ring (bicyclic) bond motifs is 1. The van der Waals surface area contributed by atoms with Crippen LogP contribution in [0.5, 0.6) is 0 Å². The molecule has 1 aromatic heterocycles. The van der Waals surface area contributed by atoms with Crippen molar-refractivity contribution in [3.05, 3.63) is 105 Å². The summed E-state index contributed by atoms with van der Waals surface area (Å²) >= 11 is 0.813. The zero-order valence-electron chi connectivity index (χ0n) is 21.2. The Balaban J connectivity index is 1.42. The molecule has 192 valence electrons. The largest absolute Gasteiger partial charge is 0.340 e. The molecular formula is C30H26FN3O3S. The van der Waals surface area contributed by atoms with Crippen molar-refractivity contribution < 1.29 is 18.8 Å². The maximum atomic E-state index is 14.4. The molecule has 2 heterocycles. The lowest BCUT2D eigenvalue weighted by Gasteiger charge is -2.14. The maximum absolute atomic E-state index is 14.4. The predicted octanol–water partition coefficient (Wildman–Crippen LogP) is 6.43. The summed E-state index contributed by atoms with van der Waals surface area (Å²) in [7, 11) is 0. The highest BCUT2D eigenvalue weighted by Crippen LogP contribution is 2.36. The van der Waals surface area contributed by atoms with E-state index >= 15 is 0 Å². The lowest BCUT2D eigenvalue weighted by molar-refractivity contribution is -0.127. The van der Waals surface area contributed by atoms with Crippen LogP contribution in [0.25, 0.3) is 17.0 Å². The third kappa shape index (κ3) is 4.87. The summed E-state index contributed by atoms with van der Waals surface area (Å²) in [5.74, 6) is -1.24. The minimum absolute atomic E-state index is 0.242. The Morgan fingerprint density at radius 1 is 1.00 bits per heavy atom. The van der Waals surface area contributed by atoms with E-state index in [0.717, 1.165) is 49.9 Å². The number of carbonyl (C=O) groups excluding carboxylic acids is 3. The first-order chi connectivity index (χ1) is 18.2. The van der Waals surface area contributed by atoms with Crippen molar-refractivity contribution in [3.8, 4) is 0 Å². The molecule has 3 amide bonds. The van der Waals surface area contributed by atoms with Crippen LogP contribution < -0.4 is 5.32 Å². The fourth-order valence-corrected chi connectivity index (χ4v) is 5.43. The number of nitrogens with zero attached hydrogens (tertiary/aromatic N) is 2. The normalized spacial score (nSPS) is 14.6. The first-order valence-corrected chi connectivity index (χ1v) is 13.0. The van der Waals surface area contributed by atoms with Crippen LogP contribution in [0.2, 0.25) is 0 Å². The minimum atomic E-state index is -0.513. The number of nitrogens with one attached hydrogen (secondary N) is 1. The first kappa shape index (κ1) is 25.5. The number of amides is 3. The van der Waals surface area contributed by atoms with E-state index in [0.29, 0.717) is 17.8 Å². The summed E-state index contributed by atoms with van der Waals surface area (Å²) in [6, 6.07) is 20.0. The number of aryl methyl sites for hydroxylation is 2. The predicted molar refractivity (Wildman–Crippen MR) is 149 cm³/mol. The molecule has 1 saturated heterocycles. The molecule has 0 unspecified atom stereocenters. The van der Waals surface area contributed by atoms with Crippen LogP contribution in [0.4, 0.5) is 14.9 Å². The van der Waals surface area contributed by atoms with Gasteiger partial charge in [-0.15, -0.1) is 0 Å². The van der Waals surface area contributed by atoms with Crippen molar-refractivity contribution in [1.82, 2.24) is 9.47 Å². The van der Waals surface area contributed by atoms with Gasteiger partial charge in [0, 0.05) is 33.4 Å². The number of aromatic nitrogens is 1. The van der Waals surface area contributed by atoms with Gasteiger partial charge in [-0.25, -0.2) is 4.39 Å². The van der Waals surface area contributed by atoms with Crippen LogP contribution >= 0.6 is 11.8 Å². The number of hydrogen-bond acceptors (Lipinski definition) is 4. The van der Waals surface area contributed by atoms with Gasteiger partial charge in [-0.05, 0) is 67.9 Å². The Morgan fingerprint density at radius 3 is 2.53 bits per heavy atom. The summed E-state index contributed by atoms with van der Waals surface area (Å²) < 4.78 is 16.4. The van der Waals surface area contributed by atoms with Crippen molar-refractivity contribution in [1.29, 1.82) is 0 Å². The second kappa shape index (κ2) is 10.3. The number of halogens is 1. The van der Waals surface area contributed by atoms with Gasteiger partial charge in [0.2, 0.25) is 5.91 Å². The smallest absolute Gasteiger partial charge is 0.294 e. The van der Waals surface area contributed by atoms with Crippen LogP contribution in [-0.4, -0.2) is 33.1 Å². The van der Waals surface area contributed by atoms with Crippen LogP contribution in [0.3, 0.4) is 0 Å². The van der Waals surface area contributed by atoms with Crippen LogP contribution in [-0.2, 0) is 16.1 Å². The van der Waals surface area contributed by atoms with Crippen molar-refractivity contribution in [2.24, 2.45) is 0 Å². The number of carbonyl (C=O) groups is 3. The number of thioether (sulfide) groups is 1. The van der Waals surface area contributed by atoms with Crippen molar-refractivity contribution in [2.75, 3.05) is 11.9 Å². The zero-order valence-corrected chi connectivity index (χ0v) is 22.1. The van der Waals surface area contributed by atoms with E-state index in [1.807, 2.05) is 67.8 Å². The Bertz CT molecular complexity index is 1640. The Hall–Kier alpha value is -4.17. The summed E-state index contributed by atoms with van der Waals surface area (Å²) in [5.41, 5.74) is 5.60. The SMILES string of the molecule is Cc1ccc(C)c(NC(=O)CN2C(=O)S/C(=C\c3c(C)n(Cc4ccccc4F)c4ccccc34)C2=O)c1. The highest BCUT2D eigenvalue weighted by atomic mass is 32.2. The highest BCUT2D eigenvalue weighted by molar-refractivity contribution is 8.18. The van der Waals surface area contributed by atoms with E-state index < -0.39 is 17.1 Å². The molecule has 0 spiro atoms. The third-order valence-corrected chi connectivity index (χ3v) is 7.59. The van der Waals surface area contributed by atoms with E-state index in [4.69, 9.17) is 0 Å². The molecule has 38 heavy (non-hydrogen) atoms. The molecule has 6 nitrogen and oxygen atoms in total. The highest BCUT2D eigenvalue weighted by Gasteiger charge is 2.36. The van der Waals surface area contributed by atoms with E-state index in [-0.39, 0.29) is 17.3 Å². The molecule has 1 aliphatic heterocycles. The first-order valence-electron chi connectivity index (χ1n) is 12.2. The fraction of sp³-hybridized carbons (Fsp3) is 0.167. The lowest BCUT2D eigenvalue weighted by Crippen LogP contribution is -2.36. The van der Waals surface area contributed by atoms with E-state index in [1.54, 1.807) is 24.3 Å². The van der Waals surface area contributed by atoms with E-state index in [1.165, 1.54) is 6.07 Å². The summed E-state index contributed by atoms with van der Waals surface area (Å²) in [6.07, 6.45) is 1.70. The average Bonchev–Trinajstić information content (AvgIpc) is 3.30. The third-order valence-electron chi connectivity index (χ3n) is 6.68. The summed E-state index contributed by atoms with van der Waals surface area (Å²) in [6.45, 7) is 5.67. The van der Waals surface area contributed by atoms with Gasteiger partial charge in [-0.2, -0.15) is 0 Å². The molecule has 8 heteroatoms. The molecule has 0 saturated carbocycles. The average molecular weight is 528 g/mol. The molecule has 5 rings (SSSR count). The standard InChI is InChI=1S/C30H26FN3O3S/c1-18-12-13-19(2)25(14-18)32-28(35)17-34-29(36)27(38-30(34)37)15-23-20(3)33(26-11-7-5-9-22(23)26)16-21-8-4-6-10-24(21)31/h4-15H,16-17H2,1-3H3,(H,32,35)/b27-15-. The fourth-order valence-electron chi connectivity index (χ4n) is 4.61. The number of rotatable bonds is 6. The van der Waals surface area contributed by atoms with Crippen LogP contribution in [0.1, 0.15) is 27.9 Å². The monoisotopic (exact) mass is 527 g/mol. The Kier molecular flexibility index (Phi) is 6.91. The molecule has 0 atom stereocenters. The number of imide groups is 1. The number of hydrogen-bond donors (Lipinski definition) is 1. The topological polar surface area (TPSA) is 71.4 Å². The van der Waals surface area contributed by atoms with Gasteiger partial charge in [0.15, 0.2) is 0 Å². The molecule has 0 bridgehead atoms. The molecular weight excluding hydrogens is 501 g/mol. The van der Waals surface area contributed by atoms with Gasteiger partial charge in [-0.1, -0.05) is 48.5 Å². The lowest BCUT2D eigenvalue weighted by atomic mass is 10.1. The number of benzene rings is 3. The van der Waals surface area contributed by atoms with Gasteiger partial charge >= 0.3 is 0 Å². The quantitative estimate of drug-likeness (QED) is 0.294. The molecule has 1 fully saturated rings. The Labute approximate surface area is 224 Å². The molecule has 1 aliphatic rings. The molecule has 0 aliphatic carbocycles. The van der Waals surface area contributed by atoms with Gasteiger partial charge in [-0.3, -0.25) is 19.3 Å². The summed E-state index contributed by atoms with van der Waals surface area (Å²) in [5, 5.41) is 3.19. The molecule has 4 aromatic rings. The van der Waals surface area contributed by atoms with E-state index in [9.17, 15) is 18.8 Å². The molecule has 1 N–H and O–H groups in total. The van der Waals surface area contributed by atoms with Crippen molar-refractivity contribution in [2.45, 2.75) is 27.3 Å². The van der Waals surface area contributed by atoms with Gasteiger partial charge in [0.1, 0.15) is 12.4 Å². The van der Waals surface area contributed by atoms with Gasteiger partial charge < -0.3 is 9.88 Å². The minimum Gasteiger partial charge on any atom is -0.340 e. The van der Waals surface area contributed by atoms with Crippen molar-refractivity contribution in [3.63, 3.8) is 0 Å². The van der Waals surface area contributed by atoms with Crippen LogP contribution in [0, 0.1) is 26.6 Å². The second-order valence-corrected chi connectivity index (χ2v) is 10.3. The van der Waals surface area contributed by atoms with Gasteiger partial charge in [0.05, 0.1) is 11.4 Å². The number of anilines is 1. The molecule has 0 radical (unpaired) electrons. The summed E-state index contributed by atoms with van der Waals surface area (Å²) in [4.78, 5) is 39.8. The van der Waals surface area contributed by atoms with Gasteiger partial charge in [0.25, 0.3) is 11.1 Å². The Morgan fingerprint density at radius 2 is 1.74 bits per heavy atom. The van der Waals surface area contributed by atoms with Crippen LogP contribution in [0.15, 0.2) is 71.6 Å².